The summed E-state index contributed by atoms with van der Waals surface area (Å²) in [6.07, 6.45) is 0.767. The number of hydrogen-bond donors (Lipinski definition) is 0. The smallest absolute Gasteiger partial charge is 0.340 e. The summed E-state index contributed by atoms with van der Waals surface area (Å²) in [7, 11) is 4.57. The molecule has 0 spiro atoms. The van der Waals surface area contributed by atoms with E-state index in [-0.39, 0.29) is 5.97 Å². The minimum Gasteiger partial charge on any atom is -0.492 e. The molecule has 7 heteroatoms. The molecule has 112 valence electrons. The monoisotopic (exact) mass is 506 g/mol. The van der Waals surface area contributed by atoms with Crippen molar-refractivity contribution in [3.05, 3.63) is 12.7 Å². The summed E-state index contributed by atoms with van der Waals surface area (Å²) in [6, 6.07) is 0. The molecule has 1 aromatic carbocycles. The van der Waals surface area contributed by atoms with Crippen molar-refractivity contribution in [2.75, 3.05) is 27.9 Å². The van der Waals surface area contributed by atoms with Gasteiger partial charge in [-0.3, -0.25) is 0 Å². The van der Waals surface area contributed by atoms with Crippen molar-refractivity contribution in [2.45, 2.75) is 13.3 Å². The van der Waals surface area contributed by atoms with Crippen molar-refractivity contribution in [3.8, 4) is 17.2 Å². The van der Waals surface area contributed by atoms with Crippen LogP contribution in [0.15, 0.2) is 0 Å². The van der Waals surface area contributed by atoms with E-state index in [1.54, 1.807) is 0 Å². The molecule has 0 saturated carbocycles. The van der Waals surface area contributed by atoms with E-state index in [4.69, 9.17) is 18.9 Å². The van der Waals surface area contributed by atoms with E-state index >= 15 is 0 Å². The molecule has 0 bridgehead atoms. The maximum Gasteiger partial charge on any atom is 0.340 e. The molecule has 0 aliphatic carbocycles. The summed E-state index contributed by atoms with van der Waals surface area (Å²) in [4.78, 5) is 12.2. The van der Waals surface area contributed by atoms with Crippen LogP contribution in [0.3, 0.4) is 0 Å². The van der Waals surface area contributed by atoms with E-state index < -0.39 is 0 Å². The van der Waals surface area contributed by atoms with Crippen molar-refractivity contribution in [1.29, 1.82) is 0 Å². The Hall–Kier alpha value is -0.450. The van der Waals surface area contributed by atoms with Gasteiger partial charge < -0.3 is 18.9 Å². The zero-order chi connectivity index (χ0) is 15.3. The van der Waals surface area contributed by atoms with E-state index in [1.807, 2.05) is 52.1 Å². The molecule has 0 amide bonds. The number of carbonyl (C=O) groups is 1. The first-order chi connectivity index (χ1) is 9.53. The molecule has 0 aliphatic heterocycles. The van der Waals surface area contributed by atoms with E-state index in [1.165, 1.54) is 21.3 Å². The second-order valence-electron chi connectivity index (χ2n) is 3.74. The number of esters is 1. The van der Waals surface area contributed by atoms with Gasteiger partial charge >= 0.3 is 5.97 Å². The summed E-state index contributed by atoms with van der Waals surface area (Å²) in [5.74, 6) is 1.01. The summed E-state index contributed by atoms with van der Waals surface area (Å²) >= 11 is 4.10. The lowest BCUT2D eigenvalue weighted by Gasteiger charge is -2.18. The molecule has 1 rings (SSSR count). The van der Waals surface area contributed by atoms with Gasteiger partial charge in [-0.15, -0.1) is 0 Å². The Kier molecular flexibility index (Phi) is 7.13. The Morgan fingerprint density at radius 2 is 1.40 bits per heavy atom. The second-order valence-corrected chi connectivity index (χ2v) is 5.90. The Balaban J connectivity index is 3.48. The molecular weight excluding hydrogens is 490 g/mol. The molecule has 0 N–H and O–H groups in total. The highest BCUT2D eigenvalue weighted by molar-refractivity contribution is 14.1. The molecular formula is C13H16I2O5. The third-order valence-corrected chi connectivity index (χ3v) is 4.56. The average molecular weight is 506 g/mol. The predicted molar refractivity (Wildman–Crippen MR) is 92.1 cm³/mol. The first-order valence-corrected chi connectivity index (χ1v) is 8.03. The minimum atomic E-state index is -0.389. The normalized spacial score (nSPS) is 10.1. The molecule has 0 unspecified atom stereocenters. The molecule has 0 fully saturated rings. The number of ether oxygens (including phenoxy) is 4. The number of rotatable bonds is 6. The predicted octanol–water partition coefficient (Wildman–Crippen LogP) is 3.49. The number of benzene rings is 1. The fourth-order valence-electron chi connectivity index (χ4n) is 1.62. The van der Waals surface area contributed by atoms with Gasteiger partial charge in [0.05, 0.1) is 40.6 Å². The van der Waals surface area contributed by atoms with Gasteiger partial charge in [0.25, 0.3) is 0 Å². The van der Waals surface area contributed by atoms with Gasteiger partial charge in [0.2, 0.25) is 5.75 Å². The fourth-order valence-corrected chi connectivity index (χ4v) is 4.05. The van der Waals surface area contributed by atoms with Crippen LogP contribution in [0.5, 0.6) is 17.2 Å². The van der Waals surface area contributed by atoms with Crippen LogP contribution in [0.25, 0.3) is 0 Å². The average Bonchev–Trinajstić information content (AvgIpc) is 2.44. The van der Waals surface area contributed by atoms with Crippen LogP contribution >= 0.6 is 45.2 Å². The number of carbonyl (C=O) groups excluding carboxylic acids is 1. The summed E-state index contributed by atoms with van der Waals surface area (Å²) < 4.78 is 22.5. The highest BCUT2D eigenvalue weighted by Crippen LogP contribution is 2.46. The lowest BCUT2D eigenvalue weighted by molar-refractivity contribution is 0.0501. The molecule has 0 radical (unpaired) electrons. The largest absolute Gasteiger partial charge is 0.492 e. The minimum absolute atomic E-state index is 0.377. The third kappa shape index (κ3) is 3.41. The molecule has 20 heavy (non-hydrogen) atoms. The van der Waals surface area contributed by atoms with Crippen LogP contribution in [0, 0.1) is 7.14 Å². The molecule has 0 atom stereocenters. The maximum absolute atomic E-state index is 12.2. The number of halogens is 2. The SMILES string of the molecule is CCCOC(=O)c1c(I)c(OC)c(OC)c(OC)c1I. The first kappa shape index (κ1) is 17.6. The van der Waals surface area contributed by atoms with Crippen LogP contribution < -0.4 is 14.2 Å². The Morgan fingerprint density at radius 3 is 1.75 bits per heavy atom. The Bertz CT molecular complexity index is 471. The van der Waals surface area contributed by atoms with Gasteiger partial charge in [-0.25, -0.2) is 4.79 Å². The van der Waals surface area contributed by atoms with Crippen LogP contribution in [0.1, 0.15) is 23.7 Å². The standard InChI is InChI=1S/C13H16I2O5/c1-5-6-20-13(16)7-8(14)10(17-2)12(19-4)11(18-3)9(7)15/h5-6H2,1-4H3. The van der Waals surface area contributed by atoms with Crippen molar-refractivity contribution < 1.29 is 23.7 Å². The summed E-state index contributed by atoms with van der Waals surface area (Å²) in [5, 5.41) is 0. The highest BCUT2D eigenvalue weighted by atomic mass is 127. The van der Waals surface area contributed by atoms with E-state index in [2.05, 4.69) is 0 Å². The third-order valence-electron chi connectivity index (χ3n) is 2.50. The summed E-state index contributed by atoms with van der Waals surface area (Å²) in [6.45, 7) is 2.32. The topological polar surface area (TPSA) is 54.0 Å². The van der Waals surface area contributed by atoms with Crippen LogP contribution in [-0.4, -0.2) is 33.9 Å². The highest BCUT2D eigenvalue weighted by Gasteiger charge is 2.28. The van der Waals surface area contributed by atoms with Gasteiger partial charge in [-0.2, -0.15) is 0 Å². The van der Waals surface area contributed by atoms with Gasteiger partial charge in [0.15, 0.2) is 11.5 Å². The molecule has 1 aromatic rings. The van der Waals surface area contributed by atoms with Crippen molar-refractivity contribution >= 4 is 51.2 Å². The lowest BCUT2D eigenvalue weighted by Crippen LogP contribution is -2.13. The maximum atomic E-state index is 12.2. The van der Waals surface area contributed by atoms with E-state index in [0.29, 0.717) is 36.6 Å². The molecule has 0 heterocycles. The van der Waals surface area contributed by atoms with Crippen LogP contribution in [-0.2, 0) is 4.74 Å². The molecule has 0 saturated heterocycles. The van der Waals surface area contributed by atoms with Crippen molar-refractivity contribution in [2.24, 2.45) is 0 Å². The second kappa shape index (κ2) is 8.11. The fraction of sp³-hybridized carbons (Fsp3) is 0.462. The summed E-state index contributed by atoms with van der Waals surface area (Å²) in [5.41, 5.74) is 0.439. The molecule has 0 aliphatic rings. The zero-order valence-electron chi connectivity index (χ0n) is 11.7. The van der Waals surface area contributed by atoms with Gasteiger partial charge in [-0.1, -0.05) is 6.92 Å². The lowest BCUT2D eigenvalue weighted by atomic mass is 10.2. The van der Waals surface area contributed by atoms with Crippen molar-refractivity contribution in [1.82, 2.24) is 0 Å². The zero-order valence-corrected chi connectivity index (χ0v) is 16.0. The first-order valence-electron chi connectivity index (χ1n) is 5.87. The van der Waals surface area contributed by atoms with E-state index in [9.17, 15) is 4.79 Å². The van der Waals surface area contributed by atoms with Crippen molar-refractivity contribution in [3.63, 3.8) is 0 Å². The van der Waals surface area contributed by atoms with E-state index in [0.717, 1.165) is 6.42 Å². The van der Waals surface area contributed by atoms with Gasteiger partial charge in [0.1, 0.15) is 0 Å². The van der Waals surface area contributed by atoms with Gasteiger partial charge in [-0.05, 0) is 51.6 Å². The molecule has 5 nitrogen and oxygen atoms in total. The van der Waals surface area contributed by atoms with Crippen LogP contribution in [0.4, 0.5) is 0 Å². The van der Waals surface area contributed by atoms with Crippen LogP contribution in [0.2, 0.25) is 0 Å². The Labute approximate surface area is 145 Å². The quantitative estimate of drug-likeness (QED) is 0.437. The molecule has 0 aromatic heterocycles. The van der Waals surface area contributed by atoms with Gasteiger partial charge in [0, 0.05) is 0 Å². The number of hydrogen-bond acceptors (Lipinski definition) is 5. The number of methoxy groups -OCH3 is 3. The Morgan fingerprint density at radius 1 is 0.950 bits per heavy atom.